The lowest BCUT2D eigenvalue weighted by atomic mass is 9.71. The number of hydrogen-bond donors (Lipinski definition) is 0. The summed E-state index contributed by atoms with van der Waals surface area (Å²) in [5, 5.41) is 0.206. The predicted octanol–water partition coefficient (Wildman–Crippen LogP) is 8.00. The molecule has 1 unspecified atom stereocenters. The van der Waals surface area contributed by atoms with Crippen molar-refractivity contribution in [2.45, 2.75) is 90.6 Å². The van der Waals surface area contributed by atoms with Crippen molar-refractivity contribution in [2.75, 3.05) is 12.3 Å². The molecule has 0 aromatic carbocycles. The first-order valence-electron chi connectivity index (χ1n) is 9.87. The van der Waals surface area contributed by atoms with Crippen LogP contribution in [0.4, 0.5) is 0 Å². The molecule has 1 atom stereocenters. The molecule has 1 aliphatic carbocycles. The first-order valence-corrected chi connectivity index (χ1v) is 12.0. The molecule has 0 nitrogen and oxygen atoms in total. The van der Waals surface area contributed by atoms with E-state index in [-0.39, 0.29) is 23.4 Å². The third-order valence-electron chi connectivity index (χ3n) is 6.07. The van der Waals surface area contributed by atoms with E-state index in [0.717, 1.165) is 6.42 Å². The molecule has 1 rings (SSSR count). The molecule has 0 N–H and O–H groups in total. The van der Waals surface area contributed by atoms with Gasteiger partial charge in [0.15, 0.2) is 0 Å². The van der Waals surface area contributed by atoms with E-state index in [1.165, 1.54) is 38.0 Å². The normalized spacial score (nSPS) is 18.5. The predicted molar refractivity (Wildman–Crippen MR) is 115 cm³/mol. The Morgan fingerprint density at radius 1 is 0.875 bits per heavy atom. The van der Waals surface area contributed by atoms with Gasteiger partial charge in [-0.05, 0) is 43.9 Å². The van der Waals surface area contributed by atoms with Gasteiger partial charge >= 0.3 is 0 Å². The van der Waals surface area contributed by atoms with Crippen LogP contribution in [0.2, 0.25) is 0 Å². The molecule has 0 saturated carbocycles. The smallest absolute Gasteiger partial charge is 0.0513 e. The molecule has 0 saturated heterocycles. The van der Waals surface area contributed by atoms with Crippen molar-refractivity contribution in [2.24, 2.45) is 11.3 Å². The quantitative estimate of drug-likeness (QED) is 0.255. The molecule has 0 amide bonds. The highest BCUT2D eigenvalue weighted by molar-refractivity contribution is 7.59. The molecule has 0 aliphatic heterocycles. The third kappa shape index (κ3) is 5.60. The zero-order valence-corrected chi connectivity index (χ0v) is 18.8. The summed E-state index contributed by atoms with van der Waals surface area (Å²) in [4.78, 5) is -0.159. The highest BCUT2D eigenvalue weighted by Gasteiger charge is 2.47. The number of allylic oxidation sites excluding steroid dienone is 4. The van der Waals surface area contributed by atoms with Crippen LogP contribution >= 0.6 is 19.5 Å². The van der Waals surface area contributed by atoms with Crippen LogP contribution in [0.25, 0.3) is 0 Å². The highest BCUT2D eigenvalue weighted by atomic mass is 35.5. The van der Waals surface area contributed by atoms with Gasteiger partial charge in [-0.15, -0.1) is 11.6 Å². The lowest BCUT2D eigenvalue weighted by molar-refractivity contribution is 0.228. The molecule has 0 heterocycles. The van der Waals surface area contributed by atoms with Gasteiger partial charge in [0.1, 0.15) is 0 Å². The standard InChI is InChI=1S/C22H40ClP/c1-8-10-16-24(17-11-9-2)21(5,6)22(7,23)18-20(3,4)19-14-12-13-15-19/h12-15,19H,8-11,16-18H2,1-7H3. The molecule has 0 aromatic rings. The van der Waals surface area contributed by atoms with Crippen LogP contribution in [-0.2, 0) is 0 Å². The Morgan fingerprint density at radius 3 is 1.75 bits per heavy atom. The Hall–Kier alpha value is 0.200. The van der Waals surface area contributed by atoms with E-state index in [2.05, 4.69) is 72.8 Å². The van der Waals surface area contributed by atoms with Gasteiger partial charge in [0.2, 0.25) is 0 Å². The Bertz CT molecular complexity index is 411. The third-order valence-corrected chi connectivity index (χ3v) is 10.6. The van der Waals surface area contributed by atoms with Crippen molar-refractivity contribution in [1.29, 1.82) is 0 Å². The van der Waals surface area contributed by atoms with Crippen LogP contribution in [0.5, 0.6) is 0 Å². The summed E-state index contributed by atoms with van der Waals surface area (Å²) in [6.45, 7) is 16.6. The van der Waals surface area contributed by atoms with Gasteiger partial charge in [0.05, 0.1) is 4.87 Å². The molecule has 0 spiro atoms. The fourth-order valence-electron chi connectivity index (χ4n) is 3.84. The number of alkyl halides is 1. The average Bonchev–Trinajstić information content (AvgIpc) is 3.01. The van der Waals surface area contributed by atoms with Crippen molar-refractivity contribution in [3.63, 3.8) is 0 Å². The summed E-state index contributed by atoms with van der Waals surface area (Å²) in [7, 11) is -0.0369. The van der Waals surface area contributed by atoms with E-state index in [9.17, 15) is 0 Å². The molecule has 1 aliphatic rings. The highest BCUT2D eigenvalue weighted by Crippen LogP contribution is 2.60. The van der Waals surface area contributed by atoms with Gasteiger partial charge < -0.3 is 0 Å². The molecule has 0 aromatic heterocycles. The number of rotatable bonds is 11. The molecule has 2 heteroatoms. The van der Waals surface area contributed by atoms with Crippen LogP contribution in [0.1, 0.15) is 80.6 Å². The zero-order chi connectivity index (χ0) is 18.4. The van der Waals surface area contributed by atoms with Gasteiger partial charge in [-0.25, -0.2) is 0 Å². The number of halogens is 1. The van der Waals surface area contributed by atoms with E-state index in [4.69, 9.17) is 11.6 Å². The summed E-state index contributed by atoms with van der Waals surface area (Å²) < 4.78 is 0. The molecule has 0 bridgehead atoms. The summed E-state index contributed by atoms with van der Waals surface area (Å²) >= 11 is 7.31. The SMILES string of the molecule is CCCCP(CCCC)C(C)(C)C(C)(Cl)CC(C)(C)C1C=CC=C1. The molecular formula is C22H40ClP. The Labute approximate surface area is 158 Å². The van der Waals surface area contributed by atoms with Gasteiger partial charge in [0, 0.05) is 11.1 Å². The fourth-order valence-corrected chi connectivity index (χ4v) is 8.02. The van der Waals surface area contributed by atoms with Crippen LogP contribution in [0.3, 0.4) is 0 Å². The first-order chi connectivity index (χ1) is 11.1. The maximum atomic E-state index is 7.31. The average molecular weight is 371 g/mol. The van der Waals surface area contributed by atoms with Crippen LogP contribution in [0.15, 0.2) is 24.3 Å². The minimum absolute atomic E-state index is 0.0369. The number of hydrogen-bond acceptors (Lipinski definition) is 0. The lowest BCUT2D eigenvalue weighted by Crippen LogP contribution is -2.46. The largest absolute Gasteiger partial charge is 0.119 e. The van der Waals surface area contributed by atoms with E-state index >= 15 is 0 Å². The van der Waals surface area contributed by atoms with Crippen LogP contribution in [-0.4, -0.2) is 22.4 Å². The Balaban J connectivity index is 2.92. The molecule has 140 valence electrons. The van der Waals surface area contributed by atoms with Gasteiger partial charge in [-0.3, -0.25) is 0 Å². The Kier molecular flexibility index (Phi) is 8.55. The van der Waals surface area contributed by atoms with Crippen molar-refractivity contribution < 1.29 is 0 Å². The van der Waals surface area contributed by atoms with E-state index in [0.29, 0.717) is 5.92 Å². The molecule has 24 heavy (non-hydrogen) atoms. The minimum atomic E-state index is -0.159. The van der Waals surface area contributed by atoms with Crippen molar-refractivity contribution in [3.05, 3.63) is 24.3 Å². The van der Waals surface area contributed by atoms with Crippen LogP contribution < -0.4 is 0 Å². The van der Waals surface area contributed by atoms with Crippen molar-refractivity contribution >= 4 is 19.5 Å². The van der Waals surface area contributed by atoms with E-state index in [1.807, 2.05) is 0 Å². The van der Waals surface area contributed by atoms with Gasteiger partial charge in [-0.1, -0.05) is 86.6 Å². The summed E-state index contributed by atoms with van der Waals surface area (Å²) in [5.74, 6) is 0.517. The van der Waals surface area contributed by atoms with Gasteiger partial charge in [-0.2, -0.15) is 0 Å². The zero-order valence-electron chi connectivity index (χ0n) is 17.2. The first kappa shape index (κ1) is 22.2. The van der Waals surface area contributed by atoms with Gasteiger partial charge in [0.25, 0.3) is 0 Å². The summed E-state index contributed by atoms with van der Waals surface area (Å²) in [6.07, 6.45) is 18.1. The maximum absolute atomic E-state index is 7.31. The van der Waals surface area contributed by atoms with E-state index in [1.54, 1.807) is 0 Å². The molecular weight excluding hydrogens is 331 g/mol. The van der Waals surface area contributed by atoms with Crippen molar-refractivity contribution in [3.8, 4) is 0 Å². The second kappa shape index (κ2) is 9.23. The second-order valence-electron chi connectivity index (χ2n) is 8.91. The summed E-state index contributed by atoms with van der Waals surface area (Å²) in [5.41, 5.74) is 0.202. The maximum Gasteiger partial charge on any atom is 0.0513 e. The Morgan fingerprint density at radius 2 is 1.33 bits per heavy atom. The molecule has 0 fully saturated rings. The topological polar surface area (TPSA) is 0 Å². The summed E-state index contributed by atoms with van der Waals surface area (Å²) in [6, 6.07) is 0. The van der Waals surface area contributed by atoms with E-state index < -0.39 is 0 Å². The molecule has 0 radical (unpaired) electrons. The second-order valence-corrected chi connectivity index (χ2v) is 12.8. The van der Waals surface area contributed by atoms with Crippen LogP contribution in [0, 0.1) is 11.3 Å². The lowest BCUT2D eigenvalue weighted by Gasteiger charge is -2.49. The van der Waals surface area contributed by atoms with Crippen molar-refractivity contribution in [1.82, 2.24) is 0 Å². The fraction of sp³-hybridized carbons (Fsp3) is 0.818. The monoisotopic (exact) mass is 370 g/mol. The minimum Gasteiger partial charge on any atom is -0.119 e. The number of unbranched alkanes of at least 4 members (excludes halogenated alkanes) is 2.